The Morgan fingerprint density at radius 1 is 1.22 bits per heavy atom. The molecular formula is C27H29FN4O4. The van der Waals surface area contributed by atoms with Crippen LogP contribution < -0.4 is 4.74 Å². The van der Waals surface area contributed by atoms with Crippen LogP contribution in [0.4, 0.5) is 4.39 Å². The van der Waals surface area contributed by atoms with Gasteiger partial charge < -0.3 is 19.6 Å². The van der Waals surface area contributed by atoms with Crippen LogP contribution in [0.25, 0.3) is 11.1 Å². The number of halogens is 1. The van der Waals surface area contributed by atoms with Crippen LogP contribution in [0.1, 0.15) is 34.7 Å². The lowest BCUT2D eigenvalue weighted by atomic mass is 9.99. The molecule has 0 bridgehead atoms. The van der Waals surface area contributed by atoms with E-state index in [0.29, 0.717) is 23.4 Å². The molecule has 3 atom stereocenters. The van der Waals surface area contributed by atoms with Crippen molar-refractivity contribution in [2.45, 2.75) is 26.0 Å². The summed E-state index contributed by atoms with van der Waals surface area (Å²) >= 11 is 0. The molecule has 4 rings (SSSR count). The minimum atomic E-state index is -0.490. The average Bonchev–Trinajstić information content (AvgIpc) is 2.90. The van der Waals surface area contributed by atoms with Crippen LogP contribution >= 0.6 is 0 Å². The summed E-state index contributed by atoms with van der Waals surface area (Å²) < 4.78 is 20.1. The number of nitrogens with zero attached hydrogens (tertiary/aromatic N) is 4. The first-order valence-electron chi connectivity index (χ1n) is 11.8. The number of carbonyl (C=O) groups excluding carboxylic acids is 2. The molecule has 36 heavy (non-hydrogen) atoms. The van der Waals surface area contributed by atoms with Crippen LogP contribution in [0.15, 0.2) is 60.9 Å². The third-order valence-corrected chi connectivity index (χ3v) is 6.36. The number of aliphatic hydroxyl groups is 1. The molecule has 2 aromatic heterocycles. The molecule has 0 fully saturated rings. The summed E-state index contributed by atoms with van der Waals surface area (Å²) in [5.74, 6) is -1.03. The molecule has 0 unspecified atom stereocenters. The predicted octanol–water partition coefficient (Wildman–Crippen LogP) is 3.28. The molecule has 9 heteroatoms. The highest BCUT2D eigenvalue weighted by molar-refractivity contribution is 5.98. The van der Waals surface area contributed by atoms with Crippen LogP contribution in [0.2, 0.25) is 0 Å². The number of carbonyl (C=O) groups is 2. The van der Waals surface area contributed by atoms with Gasteiger partial charge in [-0.15, -0.1) is 0 Å². The summed E-state index contributed by atoms with van der Waals surface area (Å²) in [7, 11) is 1.67. The molecule has 1 aromatic carbocycles. The van der Waals surface area contributed by atoms with Crippen molar-refractivity contribution in [3.63, 3.8) is 0 Å². The van der Waals surface area contributed by atoms with Crippen LogP contribution in [0, 0.1) is 11.7 Å². The van der Waals surface area contributed by atoms with E-state index in [4.69, 9.17) is 4.74 Å². The molecule has 0 aliphatic carbocycles. The standard InChI is InChI=1S/C27H29FN4O4/c1-17-14-32(18(2)16-33)26(34)22-12-20(19-7-6-8-21(28)11-19)13-30-25(22)36-24(17)15-31(3)27(35)23-9-4-5-10-29-23/h4-13,17-18,24,33H,14-16H2,1-3H3/t17-,18+,24+/m0/s1. The van der Waals surface area contributed by atoms with E-state index in [1.807, 2.05) is 6.92 Å². The van der Waals surface area contributed by atoms with Gasteiger partial charge in [0.05, 0.1) is 19.2 Å². The molecule has 0 saturated heterocycles. The fraction of sp³-hybridized carbons (Fsp3) is 0.333. The number of likely N-dealkylation sites (N-methyl/N-ethyl adjacent to an activating group) is 1. The molecule has 0 spiro atoms. The molecule has 8 nitrogen and oxygen atoms in total. The SMILES string of the molecule is C[C@H](CO)N1C[C@H](C)[C@@H](CN(C)C(=O)c2ccccn2)Oc2ncc(-c3cccc(F)c3)cc2C1=O. The second kappa shape index (κ2) is 10.8. The highest BCUT2D eigenvalue weighted by Crippen LogP contribution is 2.30. The maximum absolute atomic E-state index is 13.8. The van der Waals surface area contributed by atoms with E-state index in [1.54, 1.807) is 61.5 Å². The summed E-state index contributed by atoms with van der Waals surface area (Å²) in [5, 5.41) is 9.83. The topological polar surface area (TPSA) is 95.9 Å². The molecule has 1 aliphatic heterocycles. The fourth-order valence-electron chi connectivity index (χ4n) is 4.18. The Bertz CT molecular complexity index is 1240. The number of hydrogen-bond acceptors (Lipinski definition) is 6. The van der Waals surface area contributed by atoms with Gasteiger partial charge in [0.15, 0.2) is 0 Å². The third-order valence-electron chi connectivity index (χ3n) is 6.36. The maximum Gasteiger partial charge on any atom is 0.272 e. The molecule has 188 valence electrons. The smallest absolute Gasteiger partial charge is 0.272 e. The molecular weight excluding hydrogens is 463 g/mol. The van der Waals surface area contributed by atoms with Crippen molar-refractivity contribution in [1.82, 2.24) is 19.8 Å². The molecule has 2 amide bonds. The molecule has 1 aliphatic rings. The quantitative estimate of drug-likeness (QED) is 0.568. The van der Waals surface area contributed by atoms with E-state index in [9.17, 15) is 19.1 Å². The third kappa shape index (κ3) is 5.36. The van der Waals surface area contributed by atoms with E-state index in [-0.39, 0.29) is 42.3 Å². The number of aromatic nitrogens is 2. The van der Waals surface area contributed by atoms with Gasteiger partial charge in [0.1, 0.15) is 23.2 Å². The van der Waals surface area contributed by atoms with Crippen molar-refractivity contribution in [3.05, 3.63) is 78.0 Å². The number of rotatable bonds is 6. The van der Waals surface area contributed by atoms with Crippen molar-refractivity contribution in [2.24, 2.45) is 5.92 Å². The van der Waals surface area contributed by atoms with Crippen molar-refractivity contribution in [1.29, 1.82) is 0 Å². The average molecular weight is 493 g/mol. The molecule has 1 N–H and O–H groups in total. The Balaban J connectivity index is 1.69. The van der Waals surface area contributed by atoms with Gasteiger partial charge in [0.25, 0.3) is 11.8 Å². The van der Waals surface area contributed by atoms with Gasteiger partial charge in [-0.2, -0.15) is 0 Å². The van der Waals surface area contributed by atoms with Crippen molar-refractivity contribution in [2.75, 3.05) is 26.7 Å². The van der Waals surface area contributed by atoms with Crippen molar-refractivity contribution in [3.8, 4) is 17.0 Å². The first-order chi connectivity index (χ1) is 17.3. The number of ether oxygens (including phenoxy) is 1. The van der Waals surface area contributed by atoms with Crippen LogP contribution in [0.3, 0.4) is 0 Å². The Labute approximate surface area is 209 Å². The Morgan fingerprint density at radius 3 is 2.72 bits per heavy atom. The predicted molar refractivity (Wildman–Crippen MR) is 132 cm³/mol. The first kappa shape index (κ1) is 25.2. The Kier molecular flexibility index (Phi) is 7.59. The maximum atomic E-state index is 13.8. The van der Waals surface area contributed by atoms with E-state index in [0.717, 1.165) is 0 Å². The van der Waals surface area contributed by atoms with E-state index in [1.165, 1.54) is 23.2 Å². The van der Waals surface area contributed by atoms with Gasteiger partial charge in [-0.25, -0.2) is 9.37 Å². The van der Waals surface area contributed by atoms with Gasteiger partial charge in [0, 0.05) is 37.5 Å². The van der Waals surface area contributed by atoms with Gasteiger partial charge in [-0.05, 0) is 42.8 Å². The normalized spacial score (nSPS) is 18.5. The zero-order valence-electron chi connectivity index (χ0n) is 20.5. The number of amides is 2. The number of pyridine rings is 2. The second-order valence-electron chi connectivity index (χ2n) is 9.11. The summed E-state index contributed by atoms with van der Waals surface area (Å²) in [6.45, 7) is 4.02. The molecule has 0 saturated carbocycles. The highest BCUT2D eigenvalue weighted by Gasteiger charge is 2.35. The summed E-state index contributed by atoms with van der Waals surface area (Å²) in [6, 6.07) is 12.4. The van der Waals surface area contributed by atoms with E-state index >= 15 is 0 Å². The molecule has 0 radical (unpaired) electrons. The zero-order valence-corrected chi connectivity index (χ0v) is 20.5. The first-order valence-corrected chi connectivity index (χ1v) is 11.8. The lowest BCUT2D eigenvalue weighted by Gasteiger charge is -2.37. The number of hydrogen-bond donors (Lipinski definition) is 1. The zero-order chi connectivity index (χ0) is 25.8. The summed E-state index contributed by atoms with van der Waals surface area (Å²) in [6.07, 6.45) is 2.61. The number of aliphatic hydroxyl groups excluding tert-OH is 1. The van der Waals surface area contributed by atoms with Gasteiger partial charge >= 0.3 is 0 Å². The minimum absolute atomic E-state index is 0.130. The Morgan fingerprint density at radius 2 is 2.03 bits per heavy atom. The molecule has 3 aromatic rings. The summed E-state index contributed by atoms with van der Waals surface area (Å²) in [5.41, 5.74) is 1.68. The number of benzene rings is 1. The van der Waals surface area contributed by atoms with Gasteiger partial charge in [-0.1, -0.05) is 25.1 Å². The van der Waals surface area contributed by atoms with E-state index < -0.39 is 18.0 Å². The van der Waals surface area contributed by atoms with Crippen LogP contribution in [-0.2, 0) is 0 Å². The van der Waals surface area contributed by atoms with E-state index in [2.05, 4.69) is 9.97 Å². The monoisotopic (exact) mass is 492 g/mol. The van der Waals surface area contributed by atoms with Crippen LogP contribution in [0.5, 0.6) is 5.88 Å². The number of fused-ring (bicyclic) bond motifs is 1. The van der Waals surface area contributed by atoms with Crippen LogP contribution in [-0.4, -0.2) is 75.6 Å². The fourth-order valence-corrected chi connectivity index (χ4v) is 4.18. The largest absolute Gasteiger partial charge is 0.472 e. The highest BCUT2D eigenvalue weighted by atomic mass is 19.1. The van der Waals surface area contributed by atoms with Gasteiger partial charge in [-0.3, -0.25) is 14.6 Å². The van der Waals surface area contributed by atoms with Crippen molar-refractivity contribution < 1.29 is 23.8 Å². The van der Waals surface area contributed by atoms with Gasteiger partial charge in [0.2, 0.25) is 5.88 Å². The summed E-state index contributed by atoms with van der Waals surface area (Å²) in [4.78, 5) is 38.1. The Hall–Kier alpha value is -3.85. The lowest BCUT2D eigenvalue weighted by Crippen LogP contribution is -2.50. The molecule has 3 heterocycles. The lowest BCUT2D eigenvalue weighted by molar-refractivity contribution is 0.0312. The second-order valence-corrected chi connectivity index (χ2v) is 9.11. The van der Waals surface area contributed by atoms with Crippen molar-refractivity contribution >= 4 is 11.8 Å². The minimum Gasteiger partial charge on any atom is -0.472 e.